The number of carboxylic acids is 1. The van der Waals surface area contributed by atoms with Gasteiger partial charge in [-0.1, -0.05) is 13.8 Å². The van der Waals surface area contributed by atoms with Gasteiger partial charge in [0.2, 0.25) is 17.7 Å². The van der Waals surface area contributed by atoms with Crippen LogP contribution in [0, 0.1) is 5.92 Å². The summed E-state index contributed by atoms with van der Waals surface area (Å²) in [6, 6.07) is -2.50. The third-order valence-corrected chi connectivity index (χ3v) is 4.92. The number of aromatic amines is 1. The second kappa shape index (κ2) is 10.7. The van der Waals surface area contributed by atoms with E-state index in [-0.39, 0.29) is 24.8 Å². The van der Waals surface area contributed by atoms with Crippen molar-refractivity contribution in [1.82, 2.24) is 25.5 Å². The van der Waals surface area contributed by atoms with Crippen molar-refractivity contribution in [1.29, 1.82) is 0 Å². The zero-order chi connectivity index (χ0) is 22.3. The first-order valence-electron chi connectivity index (χ1n) is 10.0. The van der Waals surface area contributed by atoms with Gasteiger partial charge in [0.15, 0.2) is 0 Å². The van der Waals surface area contributed by atoms with Gasteiger partial charge in [-0.25, -0.2) is 9.78 Å². The molecule has 1 saturated heterocycles. The van der Waals surface area contributed by atoms with Crippen LogP contribution in [0.3, 0.4) is 0 Å². The van der Waals surface area contributed by atoms with Crippen LogP contribution in [0.1, 0.15) is 38.8 Å². The van der Waals surface area contributed by atoms with Crippen LogP contribution in [-0.4, -0.2) is 74.9 Å². The maximum absolute atomic E-state index is 12.6. The smallest absolute Gasteiger partial charge is 0.326 e. The van der Waals surface area contributed by atoms with E-state index in [9.17, 15) is 24.3 Å². The summed E-state index contributed by atoms with van der Waals surface area (Å²) in [5.74, 6) is -2.30. The fraction of sp³-hybridized carbons (Fsp3) is 0.632. The molecule has 166 valence electrons. The monoisotopic (exact) mass is 422 g/mol. The molecule has 0 saturated carbocycles. The Hall–Kier alpha value is -2.95. The molecule has 2 rings (SSSR count). The van der Waals surface area contributed by atoms with Crippen molar-refractivity contribution in [2.24, 2.45) is 11.7 Å². The van der Waals surface area contributed by atoms with Gasteiger partial charge in [0.25, 0.3) is 0 Å². The normalized spacial score (nSPS) is 18.1. The second-order valence-electron chi connectivity index (χ2n) is 7.88. The number of amides is 3. The lowest BCUT2D eigenvalue weighted by Gasteiger charge is -2.27. The van der Waals surface area contributed by atoms with Crippen LogP contribution in [0.2, 0.25) is 0 Å². The SMILES string of the molecule is CC(C)CC(N)C(=O)N1CCCC1C(=O)NCC(=O)NC(Cc1cnc[nH]1)C(=O)O. The fourth-order valence-electron chi connectivity index (χ4n) is 3.47. The van der Waals surface area contributed by atoms with Crippen molar-refractivity contribution in [3.63, 3.8) is 0 Å². The Kier molecular flexibility index (Phi) is 8.34. The summed E-state index contributed by atoms with van der Waals surface area (Å²) in [7, 11) is 0. The number of rotatable bonds is 10. The van der Waals surface area contributed by atoms with E-state index in [0.717, 1.165) is 0 Å². The highest BCUT2D eigenvalue weighted by atomic mass is 16.4. The lowest BCUT2D eigenvalue weighted by atomic mass is 10.0. The van der Waals surface area contributed by atoms with Gasteiger partial charge >= 0.3 is 5.97 Å². The molecule has 1 aromatic heterocycles. The summed E-state index contributed by atoms with van der Waals surface area (Å²) >= 11 is 0. The molecule has 1 aliphatic heterocycles. The first-order chi connectivity index (χ1) is 14.2. The second-order valence-corrected chi connectivity index (χ2v) is 7.88. The number of nitrogens with two attached hydrogens (primary N) is 1. The minimum absolute atomic E-state index is 0.0354. The van der Waals surface area contributed by atoms with Crippen LogP contribution in [0.5, 0.6) is 0 Å². The Morgan fingerprint density at radius 1 is 1.37 bits per heavy atom. The maximum Gasteiger partial charge on any atom is 0.326 e. The van der Waals surface area contributed by atoms with Gasteiger partial charge in [-0.2, -0.15) is 0 Å². The van der Waals surface area contributed by atoms with Gasteiger partial charge in [-0.3, -0.25) is 14.4 Å². The fourth-order valence-corrected chi connectivity index (χ4v) is 3.47. The number of aliphatic carboxylic acids is 1. The molecule has 2 heterocycles. The average molecular weight is 422 g/mol. The van der Waals surface area contributed by atoms with Crippen molar-refractivity contribution in [2.75, 3.05) is 13.1 Å². The number of nitrogens with one attached hydrogen (secondary N) is 3. The Labute approximate surface area is 174 Å². The molecule has 3 amide bonds. The Morgan fingerprint density at radius 2 is 2.10 bits per heavy atom. The number of carbonyl (C=O) groups is 4. The van der Waals surface area contributed by atoms with Crippen molar-refractivity contribution >= 4 is 23.7 Å². The van der Waals surface area contributed by atoms with Crippen LogP contribution in [0.15, 0.2) is 12.5 Å². The van der Waals surface area contributed by atoms with E-state index in [2.05, 4.69) is 20.6 Å². The molecular weight excluding hydrogens is 392 g/mol. The van der Waals surface area contributed by atoms with Gasteiger partial charge < -0.3 is 31.4 Å². The third kappa shape index (κ3) is 6.55. The topological polar surface area (TPSA) is 171 Å². The first kappa shape index (κ1) is 23.3. The molecule has 3 unspecified atom stereocenters. The highest BCUT2D eigenvalue weighted by molar-refractivity contribution is 5.93. The number of likely N-dealkylation sites (tertiary alicyclic amines) is 1. The summed E-state index contributed by atoms with van der Waals surface area (Å²) in [6.07, 6.45) is 4.62. The van der Waals surface area contributed by atoms with E-state index in [1.165, 1.54) is 17.4 Å². The van der Waals surface area contributed by atoms with Gasteiger partial charge in [0.05, 0.1) is 18.9 Å². The lowest BCUT2D eigenvalue weighted by Crippen LogP contribution is -2.53. The molecule has 0 spiro atoms. The van der Waals surface area contributed by atoms with Crippen LogP contribution >= 0.6 is 0 Å². The zero-order valence-corrected chi connectivity index (χ0v) is 17.3. The van der Waals surface area contributed by atoms with Crippen LogP contribution in [0.4, 0.5) is 0 Å². The molecule has 11 nitrogen and oxygen atoms in total. The molecule has 0 aliphatic carbocycles. The van der Waals surface area contributed by atoms with E-state index in [1.54, 1.807) is 0 Å². The van der Waals surface area contributed by atoms with Crippen LogP contribution in [-0.2, 0) is 25.6 Å². The minimum atomic E-state index is -1.20. The molecule has 1 fully saturated rings. The number of carbonyl (C=O) groups excluding carboxylic acids is 3. The maximum atomic E-state index is 12.6. The molecule has 6 N–H and O–H groups in total. The van der Waals surface area contributed by atoms with E-state index in [1.807, 2.05) is 13.8 Å². The largest absolute Gasteiger partial charge is 0.480 e. The number of aromatic nitrogens is 2. The Balaban J connectivity index is 1.86. The molecule has 1 aliphatic rings. The van der Waals surface area contributed by atoms with Crippen LogP contribution < -0.4 is 16.4 Å². The van der Waals surface area contributed by atoms with Gasteiger partial charge in [-0.15, -0.1) is 0 Å². The summed E-state index contributed by atoms with van der Waals surface area (Å²) in [5.41, 5.74) is 6.53. The van der Waals surface area contributed by atoms with Crippen molar-refractivity contribution in [3.05, 3.63) is 18.2 Å². The van der Waals surface area contributed by atoms with Crippen molar-refractivity contribution in [3.8, 4) is 0 Å². The van der Waals surface area contributed by atoms with Crippen LogP contribution in [0.25, 0.3) is 0 Å². The molecule has 11 heteroatoms. The first-order valence-corrected chi connectivity index (χ1v) is 10.0. The van der Waals surface area contributed by atoms with Gasteiger partial charge in [0.1, 0.15) is 12.1 Å². The quantitative estimate of drug-likeness (QED) is 0.322. The zero-order valence-electron chi connectivity index (χ0n) is 17.3. The number of carboxylic acid groups (broad SMARTS) is 1. The summed E-state index contributed by atoms with van der Waals surface area (Å²) < 4.78 is 0. The summed E-state index contributed by atoms with van der Waals surface area (Å²) in [4.78, 5) is 56.7. The van der Waals surface area contributed by atoms with E-state index in [0.29, 0.717) is 31.5 Å². The number of H-pyrrole nitrogens is 1. The highest BCUT2D eigenvalue weighted by Crippen LogP contribution is 2.19. The number of nitrogens with zero attached hydrogens (tertiary/aromatic N) is 2. The standard InChI is InChI=1S/C19H30N6O5/c1-11(2)6-13(20)18(28)25-5-3-4-15(25)17(27)22-9-16(26)24-14(19(29)30)7-12-8-21-10-23-12/h8,10-11,13-15H,3-7,9,20H2,1-2H3,(H,21,23)(H,22,27)(H,24,26)(H,29,30). The number of hydrogen-bond donors (Lipinski definition) is 5. The number of imidazole rings is 1. The summed E-state index contributed by atoms with van der Waals surface area (Å²) in [6.45, 7) is 4.00. The molecule has 30 heavy (non-hydrogen) atoms. The average Bonchev–Trinajstić information content (AvgIpc) is 3.36. The molecule has 0 aromatic carbocycles. The molecule has 3 atom stereocenters. The number of hydrogen-bond acceptors (Lipinski definition) is 6. The summed E-state index contributed by atoms with van der Waals surface area (Å²) in [5, 5.41) is 14.2. The lowest BCUT2D eigenvalue weighted by molar-refractivity contribution is -0.142. The van der Waals surface area contributed by atoms with Crippen molar-refractivity contribution < 1.29 is 24.3 Å². The Morgan fingerprint density at radius 3 is 2.70 bits per heavy atom. The highest BCUT2D eigenvalue weighted by Gasteiger charge is 2.36. The molecule has 0 bridgehead atoms. The molecule has 0 radical (unpaired) electrons. The predicted octanol–water partition coefficient (Wildman–Crippen LogP) is -0.998. The molecule has 1 aromatic rings. The Bertz CT molecular complexity index is 751. The van der Waals surface area contributed by atoms with Crippen molar-refractivity contribution in [2.45, 2.75) is 57.7 Å². The minimum Gasteiger partial charge on any atom is -0.480 e. The van der Waals surface area contributed by atoms with E-state index >= 15 is 0 Å². The van der Waals surface area contributed by atoms with E-state index in [4.69, 9.17) is 5.73 Å². The predicted molar refractivity (Wildman–Crippen MR) is 107 cm³/mol. The van der Waals surface area contributed by atoms with Gasteiger partial charge in [0, 0.05) is 24.9 Å². The third-order valence-electron chi connectivity index (χ3n) is 4.92. The molecular formula is C19H30N6O5. The van der Waals surface area contributed by atoms with E-state index < -0.39 is 35.9 Å². The van der Waals surface area contributed by atoms with Gasteiger partial charge in [-0.05, 0) is 25.2 Å².